The molecule has 1 heterocycles. The molecule has 7 heteroatoms. The molecule has 0 saturated carbocycles. The SMILES string of the molecule is CCCc1nc2c(C)cc(NC(=O)[C@@H](CS)C(C)C)cc2n1Cc1ccc(-c2ccccc2C(=O)O)cc1. The quantitative estimate of drug-likeness (QED) is 0.196. The lowest BCUT2D eigenvalue weighted by molar-refractivity contribution is -0.120. The second-order valence-electron chi connectivity index (χ2n) is 10.1. The van der Waals surface area contributed by atoms with Crippen LogP contribution in [0.3, 0.4) is 0 Å². The van der Waals surface area contributed by atoms with Crippen LogP contribution in [0, 0.1) is 18.8 Å². The fraction of sp³-hybridized carbons (Fsp3) is 0.323. The van der Waals surface area contributed by atoms with Gasteiger partial charge in [-0.05, 0) is 59.7 Å². The summed E-state index contributed by atoms with van der Waals surface area (Å²) in [4.78, 5) is 29.5. The van der Waals surface area contributed by atoms with Gasteiger partial charge in [0.25, 0.3) is 0 Å². The van der Waals surface area contributed by atoms with Crippen molar-refractivity contribution < 1.29 is 14.7 Å². The van der Waals surface area contributed by atoms with E-state index < -0.39 is 5.97 Å². The number of aromatic nitrogens is 2. The molecule has 0 radical (unpaired) electrons. The number of benzene rings is 3. The van der Waals surface area contributed by atoms with Crippen LogP contribution in [0.4, 0.5) is 5.69 Å². The summed E-state index contributed by atoms with van der Waals surface area (Å²) in [5, 5.41) is 12.7. The first-order valence-corrected chi connectivity index (χ1v) is 13.7. The lowest BCUT2D eigenvalue weighted by Gasteiger charge is -2.18. The van der Waals surface area contributed by atoms with Crippen LogP contribution in [0.5, 0.6) is 0 Å². The summed E-state index contributed by atoms with van der Waals surface area (Å²) in [5.74, 6) is 0.571. The van der Waals surface area contributed by atoms with Crippen LogP contribution in [-0.2, 0) is 17.8 Å². The third kappa shape index (κ3) is 5.78. The smallest absolute Gasteiger partial charge is 0.336 e. The largest absolute Gasteiger partial charge is 0.478 e. The average Bonchev–Trinajstić information content (AvgIpc) is 3.22. The van der Waals surface area contributed by atoms with E-state index in [9.17, 15) is 14.7 Å². The van der Waals surface area contributed by atoms with Gasteiger partial charge in [-0.15, -0.1) is 0 Å². The summed E-state index contributed by atoms with van der Waals surface area (Å²) in [6.45, 7) is 8.85. The maximum atomic E-state index is 12.9. The number of amides is 1. The molecule has 0 spiro atoms. The molecule has 3 aromatic carbocycles. The Morgan fingerprint density at radius 3 is 2.42 bits per heavy atom. The Labute approximate surface area is 229 Å². The topological polar surface area (TPSA) is 84.2 Å². The van der Waals surface area contributed by atoms with Gasteiger partial charge in [0.05, 0.1) is 16.6 Å². The maximum absolute atomic E-state index is 12.9. The van der Waals surface area contributed by atoms with Gasteiger partial charge < -0.3 is 15.0 Å². The van der Waals surface area contributed by atoms with Gasteiger partial charge in [0.1, 0.15) is 5.82 Å². The first-order chi connectivity index (χ1) is 18.2. The number of nitrogens with zero attached hydrogens (tertiary/aromatic N) is 2. The second-order valence-corrected chi connectivity index (χ2v) is 10.5. The Morgan fingerprint density at radius 1 is 1.08 bits per heavy atom. The third-order valence-corrected chi connectivity index (χ3v) is 7.36. The molecule has 1 amide bonds. The lowest BCUT2D eigenvalue weighted by Crippen LogP contribution is -2.28. The normalized spacial score (nSPS) is 12.2. The van der Waals surface area contributed by atoms with Crippen LogP contribution in [0.25, 0.3) is 22.2 Å². The van der Waals surface area contributed by atoms with Crippen LogP contribution in [0.15, 0.2) is 60.7 Å². The number of hydrogen-bond donors (Lipinski definition) is 3. The minimum absolute atomic E-state index is 0.0224. The Kier molecular flexibility index (Phi) is 8.57. The predicted octanol–water partition coefficient (Wildman–Crippen LogP) is 6.85. The monoisotopic (exact) mass is 529 g/mol. The summed E-state index contributed by atoms with van der Waals surface area (Å²) in [5.41, 5.74) is 6.63. The number of carboxylic acid groups (broad SMARTS) is 1. The average molecular weight is 530 g/mol. The molecular formula is C31H35N3O3S. The number of fused-ring (bicyclic) bond motifs is 1. The van der Waals surface area contributed by atoms with E-state index in [1.54, 1.807) is 12.1 Å². The molecule has 6 nitrogen and oxygen atoms in total. The molecule has 0 bridgehead atoms. The summed E-state index contributed by atoms with van der Waals surface area (Å²) in [6.07, 6.45) is 1.81. The van der Waals surface area contributed by atoms with Crippen molar-refractivity contribution in [2.24, 2.45) is 11.8 Å². The van der Waals surface area contributed by atoms with Crippen LogP contribution >= 0.6 is 12.6 Å². The van der Waals surface area contributed by atoms with E-state index in [2.05, 4.69) is 29.4 Å². The predicted molar refractivity (Wildman–Crippen MR) is 157 cm³/mol. The highest BCUT2D eigenvalue weighted by Gasteiger charge is 2.22. The second kappa shape index (κ2) is 11.9. The van der Waals surface area contributed by atoms with Crippen molar-refractivity contribution in [3.05, 3.63) is 83.2 Å². The standard InChI is InChI=1S/C31H35N3O3S/c1-5-8-28-33-29-20(4)15-23(32-30(35)26(18-38)19(2)3)16-27(29)34(28)17-21-11-13-22(14-12-21)24-9-6-7-10-25(24)31(36)37/h6-7,9-16,19,26,38H,5,8,17-18H2,1-4H3,(H,32,35)(H,36,37)/t26-/m0/s1. The van der Waals surface area contributed by atoms with E-state index in [-0.39, 0.29) is 23.3 Å². The van der Waals surface area contributed by atoms with E-state index >= 15 is 0 Å². The van der Waals surface area contributed by atoms with E-state index in [0.29, 0.717) is 17.9 Å². The first kappa shape index (κ1) is 27.5. The fourth-order valence-corrected chi connectivity index (χ4v) is 5.42. The zero-order valence-corrected chi connectivity index (χ0v) is 23.3. The zero-order chi connectivity index (χ0) is 27.4. The Morgan fingerprint density at radius 2 is 1.79 bits per heavy atom. The molecule has 0 aliphatic heterocycles. The van der Waals surface area contributed by atoms with Gasteiger partial charge >= 0.3 is 5.97 Å². The molecule has 1 atom stereocenters. The fourth-order valence-electron chi connectivity index (χ4n) is 4.83. The number of imidazole rings is 1. The molecule has 198 valence electrons. The highest BCUT2D eigenvalue weighted by molar-refractivity contribution is 7.80. The molecule has 0 aliphatic carbocycles. The third-order valence-electron chi connectivity index (χ3n) is 6.97. The number of thiol groups is 1. The number of carbonyl (C=O) groups is 2. The van der Waals surface area contributed by atoms with Gasteiger partial charge in [-0.1, -0.05) is 63.2 Å². The molecule has 4 rings (SSSR count). The van der Waals surface area contributed by atoms with Gasteiger partial charge in [-0.25, -0.2) is 9.78 Å². The Bertz CT molecular complexity index is 1460. The number of hydrogen-bond acceptors (Lipinski definition) is 4. The van der Waals surface area contributed by atoms with E-state index in [1.165, 1.54) is 0 Å². The zero-order valence-electron chi connectivity index (χ0n) is 22.4. The highest BCUT2D eigenvalue weighted by atomic mass is 32.1. The molecule has 0 saturated heterocycles. The molecule has 4 aromatic rings. The van der Waals surface area contributed by atoms with Crippen LogP contribution in [0.2, 0.25) is 0 Å². The highest BCUT2D eigenvalue weighted by Crippen LogP contribution is 2.28. The molecule has 0 fully saturated rings. The summed E-state index contributed by atoms with van der Waals surface area (Å²) >= 11 is 4.38. The number of nitrogens with one attached hydrogen (secondary N) is 1. The van der Waals surface area contributed by atoms with E-state index in [1.807, 2.05) is 69.3 Å². The van der Waals surface area contributed by atoms with Gasteiger partial charge in [-0.3, -0.25) is 4.79 Å². The van der Waals surface area contributed by atoms with Gasteiger partial charge in [-0.2, -0.15) is 12.6 Å². The van der Waals surface area contributed by atoms with E-state index in [0.717, 1.165) is 52.1 Å². The summed E-state index contributed by atoms with van der Waals surface area (Å²) < 4.78 is 2.22. The van der Waals surface area contributed by atoms with Crippen molar-refractivity contribution in [2.45, 2.75) is 47.1 Å². The van der Waals surface area contributed by atoms with Crippen molar-refractivity contribution in [2.75, 3.05) is 11.1 Å². The van der Waals surface area contributed by atoms with E-state index in [4.69, 9.17) is 4.98 Å². The molecule has 0 unspecified atom stereocenters. The van der Waals surface area contributed by atoms with Crippen molar-refractivity contribution in [3.63, 3.8) is 0 Å². The molecule has 2 N–H and O–H groups in total. The molecule has 1 aromatic heterocycles. The number of aryl methyl sites for hydroxylation is 2. The van der Waals surface area contributed by atoms with Crippen LogP contribution in [-0.4, -0.2) is 32.3 Å². The number of carboxylic acids is 1. The van der Waals surface area contributed by atoms with Crippen molar-refractivity contribution in [3.8, 4) is 11.1 Å². The lowest BCUT2D eigenvalue weighted by atomic mass is 9.97. The molecule has 38 heavy (non-hydrogen) atoms. The van der Waals surface area contributed by atoms with Crippen molar-refractivity contribution >= 4 is 41.2 Å². The Hall–Kier alpha value is -3.58. The van der Waals surface area contributed by atoms with Crippen LogP contribution < -0.4 is 5.32 Å². The van der Waals surface area contributed by atoms with Gasteiger partial charge in [0.2, 0.25) is 5.91 Å². The number of rotatable bonds is 10. The summed E-state index contributed by atoms with van der Waals surface area (Å²) in [6, 6.07) is 19.0. The number of anilines is 1. The van der Waals surface area contributed by atoms with Crippen molar-refractivity contribution in [1.82, 2.24) is 9.55 Å². The van der Waals surface area contributed by atoms with Crippen molar-refractivity contribution in [1.29, 1.82) is 0 Å². The minimum Gasteiger partial charge on any atom is -0.478 e. The Balaban J connectivity index is 1.69. The first-order valence-electron chi connectivity index (χ1n) is 13.1. The van der Waals surface area contributed by atoms with Gasteiger partial charge in [0, 0.05) is 30.3 Å². The molecular weight excluding hydrogens is 494 g/mol. The molecule has 0 aliphatic rings. The minimum atomic E-state index is -0.939. The van der Waals surface area contributed by atoms with Crippen LogP contribution in [0.1, 0.15) is 54.5 Å². The summed E-state index contributed by atoms with van der Waals surface area (Å²) in [7, 11) is 0. The maximum Gasteiger partial charge on any atom is 0.336 e. The number of aromatic carboxylic acids is 1. The van der Waals surface area contributed by atoms with Gasteiger partial charge in [0.15, 0.2) is 0 Å². The number of carbonyl (C=O) groups excluding carboxylic acids is 1.